The van der Waals surface area contributed by atoms with E-state index in [9.17, 15) is 9.59 Å². The zero-order valence-electron chi connectivity index (χ0n) is 12.8. The van der Waals surface area contributed by atoms with E-state index in [1.54, 1.807) is 4.90 Å². The fourth-order valence-electron chi connectivity index (χ4n) is 2.79. The monoisotopic (exact) mass is 372 g/mol. The highest BCUT2D eigenvalue weighted by Crippen LogP contribution is 2.28. The normalized spacial score (nSPS) is 17.4. The molecule has 1 fully saturated rings. The Hall–Kier alpha value is -2.14. The first kappa shape index (κ1) is 15.7. The molecule has 0 bridgehead atoms. The van der Waals surface area contributed by atoms with Crippen LogP contribution >= 0.6 is 15.9 Å². The third-order valence-electron chi connectivity index (χ3n) is 3.97. The number of nitrogens with zero attached hydrogens (tertiary/aromatic N) is 1. The van der Waals surface area contributed by atoms with E-state index in [0.717, 1.165) is 21.4 Å². The van der Waals surface area contributed by atoms with Crippen LogP contribution in [-0.2, 0) is 9.59 Å². The van der Waals surface area contributed by atoms with Crippen molar-refractivity contribution < 1.29 is 9.59 Å². The Labute approximate surface area is 143 Å². The van der Waals surface area contributed by atoms with Gasteiger partial charge in [-0.2, -0.15) is 0 Å². The van der Waals surface area contributed by atoms with Gasteiger partial charge in [-0.1, -0.05) is 34.1 Å². The second kappa shape index (κ2) is 6.54. The van der Waals surface area contributed by atoms with Gasteiger partial charge in [0.25, 0.3) is 0 Å². The summed E-state index contributed by atoms with van der Waals surface area (Å²) in [5, 5.41) is 2.92. The first-order chi connectivity index (χ1) is 11.1. The van der Waals surface area contributed by atoms with Crippen molar-refractivity contribution in [2.24, 2.45) is 0 Å². The highest BCUT2D eigenvalue weighted by molar-refractivity contribution is 9.10. The number of carbonyl (C=O) groups is 2. The number of rotatable bonds is 3. The summed E-state index contributed by atoms with van der Waals surface area (Å²) >= 11 is 3.44. The Morgan fingerprint density at radius 3 is 2.65 bits per heavy atom. The van der Waals surface area contributed by atoms with Crippen LogP contribution in [0.2, 0.25) is 0 Å². The Bertz CT molecular complexity index is 746. The zero-order valence-corrected chi connectivity index (χ0v) is 14.3. The fourth-order valence-corrected chi connectivity index (χ4v) is 3.04. The van der Waals surface area contributed by atoms with Gasteiger partial charge in [0, 0.05) is 22.3 Å². The van der Waals surface area contributed by atoms with E-state index in [-0.39, 0.29) is 11.8 Å². The minimum atomic E-state index is -0.464. The van der Waals surface area contributed by atoms with Crippen LogP contribution < -0.4 is 10.2 Å². The summed E-state index contributed by atoms with van der Waals surface area (Å²) in [5.74, 6) is -0.162. The summed E-state index contributed by atoms with van der Waals surface area (Å²) in [7, 11) is 0. The second-order valence-electron chi connectivity index (χ2n) is 5.61. The molecule has 0 spiro atoms. The van der Waals surface area contributed by atoms with E-state index in [1.807, 2.05) is 55.5 Å². The number of para-hydroxylation sites is 1. The number of halogens is 1. The van der Waals surface area contributed by atoms with Gasteiger partial charge in [-0.05, 0) is 49.2 Å². The summed E-state index contributed by atoms with van der Waals surface area (Å²) in [4.78, 5) is 26.4. The van der Waals surface area contributed by atoms with Gasteiger partial charge in [0.2, 0.25) is 11.8 Å². The molecule has 1 N–H and O–H groups in total. The van der Waals surface area contributed by atoms with Gasteiger partial charge in [0.05, 0.1) is 0 Å². The summed E-state index contributed by atoms with van der Waals surface area (Å²) in [6, 6.07) is 14.5. The highest BCUT2D eigenvalue weighted by Gasteiger charge is 2.37. The molecule has 23 heavy (non-hydrogen) atoms. The van der Waals surface area contributed by atoms with Crippen molar-refractivity contribution in [1.82, 2.24) is 0 Å². The topological polar surface area (TPSA) is 49.4 Å². The first-order valence-electron chi connectivity index (χ1n) is 7.50. The van der Waals surface area contributed by atoms with Crippen molar-refractivity contribution in [2.75, 3.05) is 10.2 Å². The number of carbonyl (C=O) groups excluding carboxylic acids is 2. The van der Waals surface area contributed by atoms with Gasteiger partial charge in [-0.3, -0.25) is 14.5 Å². The standard InChI is InChI=1S/C18H17BrN2O2/c1-12-11-13(7-8-15(12)19)20-18(23)16-9-10-17(22)21(16)14-5-3-2-4-6-14/h2-8,11,16H,9-10H2,1H3,(H,20,23). The van der Waals surface area contributed by atoms with E-state index < -0.39 is 6.04 Å². The molecule has 3 rings (SSSR count). The second-order valence-corrected chi connectivity index (χ2v) is 6.46. The lowest BCUT2D eigenvalue weighted by Gasteiger charge is -2.24. The predicted octanol–water partition coefficient (Wildman–Crippen LogP) is 3.89. The molecule has 4 nitrogen and oxygen atoms in total. The Morgan fingerprint density at radius 2 is 1.96 bits per heavy atom. The molecule has 1 aliphatic rings. The maximum absolute atomic E-state index is 12.6. The van der Waals surface area contributed by atoms with Crippen molar-refractivity contribution >= 4 is 39.1 Å². The van der Waals surface area contributed by atoms with Crippen LogP contribution in [0, 0.1) is 6.92 Å². The Morgan fingerprint density at radius 1 is 1.22 bits per heavy atom. The Kier molecular flexibility index (Phi) is 4.48. The molecule has 5 heteroatoms. The van der Waals surface area contributed by atoms with Crippen molar-refractivity contribution in [3.8, 4) is 0 Å². The van der Waals surface area contributed by atoms with Crippen molar-refractivity contribution in [1.29, 1.82) is 0 Å². The molecule has 1 aliphatic heterocycles. The Balaban J connectivity index is 1.80. The summed E-state index contributed by atoms with van der Waals surface area (Å²) in [6.45, 7) is 1.97. The minimum absolute atomic E-state index is 0.0108. The molecule has 2 aromatic carbocycles. The molecule has 1 unspecified atom stereocenters. The average Bonchev–Trinajstić information content (AvgIpc) is 2.93. The molecule has 0 aromatic heterocycles. The van der Waals surface area contributed by atoms with Crippen LogP contribution in [0.3, 0.4) is 0 Å². The van der Waals surface area contributed by atoms with Crippen molar-refractivity contribution in [2.45, 2.75) is 25.8 Å². The van der Waals surface area contributed by atoms with Gasteiger partial charge in [-0.25, -0.2) is 0 Å². The fraction of sp³-hybridized carbons (Fsp3) is 0.222. The molecule has 0 radical (unpaired) electrons. The SMILES string of the molecule is Cc1cc(NC(=O)C2CCC(=O)N2c2ccccc2)ccc1Br. The number of amides is 2. The number of benzene rings is 2. The molecule has 0 saturated carbocycles. The first-order valence-corrected chi connectivity index (χ1v) is 8.29. The lowest BCUT2D eigenvalue weighted by Crippen LogP contribution is -2.41. The summed E-state index contributed by atoms with van der Waals surface area (Å²) in [6.07, 6.45) is 0.932. The summed E-state index contributed by atoms with van der Waals surface area (Å²) in [5.41, 5.74) is 2.55. The quantitative estimate of drug-likeness (QED) is 0.888. The average molecular weight is 373 g/mol. The number of nitrogens with one attached hydrogen (secondary N) is 1. The maximum atomic E-state index is 12.6. The molecule has 1 saturated heterocycles. The van der Waals surface area contributed by atoms with Gasteiger partial charge in [0.1, 0.15) is 6.04 Å². The van der Waals surface area contributed by atoms with E-state index in [1.165, 1.54) is 0 Å². The maximum Gasteiger partial charge on any atom is 0.247 e. The van der Waals surface area contributed by atoms with E-state index in [2.05, 4.69) is 21.2 Å². The largest absolute Gasteiger partial charge is 0.324 e. The molecular formula is C18H17BrN2O2. The number of anilines is 2. The molecule has 1 heterocycles. The van der Waals surface area contributed by atoms with E-state index >= 15 is 0 Å². The highest BCUT2D eigenvalue weighted by atomic mass is 79.9. The predicted molar refractivity (Wildman–Crippen MR) is 94.5 cm³/mol. The molecule has 0 aliphatic carbocycles. The van der Waals surface area contributed by atoms with Crippen molar-refractivity contribution in [3.05, 3.63) is 58.6 Å². The van der Waals surface area contributed by atoms with Gasteiger partial charge < -0.3 is 5.32 Å². The van der Waals surface area contributed by atoms with Crippen LogP contribution in [0.25, 0.3) is 0 Å². The van der Waals surface area contributed by atoms with E-state index in [4.69, 9.17) is 0 Å². The van der Waals surface area contributed by atoms with Crippen LogP contribution in [0.1, 0.15) is 18.4 Å². The van der Waals surface area contributed by atoms with Crippen LogP contribution in [-0.4, -0.2) is 17.9 Å². The lowest BCUT2D eigenvalue weighted by atomic mass is 10.1. The van der Waals surface area contributed by atoms with E-state index in [0.29, 0.717) is 12.8 Å². The number of aryl methyl sites for hydroxylation is 1. The zero-order chi connectivity index (χ0) is 16.4. The number of hydrogen-bond donors (Lipinski definition) is 1. The molecule has 2 amide bonds. The smallest absolute Gasteiger partial charge is 0.247 e. The van der Waals surface area contributed by atoms with Crippen LogP contribution in [0.5, 0.6) is 0 Å². The van der Waals surface area contributed by atoms with Gasteiger partial charge >= 0.3 is 0 Å². The number of hydrogen-bond acceptors (Lipinski definition) is 2. The summed E-state index contributed by atoms with van der Waals surface area (Å²) < 4.78 is 0.998. The third-order valence-corrected chi connectivity index (χ3v) is 4.86. The minimum Gasteiger partial charge on any atom is -0.324 e. The van der Waals surface area contributed by atoms with Gasteiger partial charge in [0.15, 0.2) is 0 Å². The molecule has 118 valence electrons. The van der Waals surface area contributed by atoms with Crippen LogP contribution in [0.4, 0.5) is 11.4 Å². The van der Waals surface area contributed by atoms with Crippen molar-refractivity contribution in [3.63, 3.8) is 0 Å². The molecule has 1 atom stereocenters. The molecular weight excluding hydrogens is 356 g/mol. The molecule has 2 aromatic rings. The third kappa shape index (κ3) is 3.29. The lowest BCUT2D eigenvalue weighted by molar-refractivity contribution is -0.120. The van der Waals surface area contributed by atoms with Gasteiger partial charge in [-0.15, -0.1) is 0 Å². The van der Waals surface area contributed by atoms with Crippen LogP contribution in [0.15, 0.2) is 53.0 Å².